The maximum Gasteiger partial charge on any atom is 0.319 e. The van der Waals surface area contributed by atoms with Crippen LogP contribution in [-0.2, 0) is 0 Å². The van der Waals surface area contributed by atoms with Gasteiger partial charge in [0.25, 0.3) is 0 Å². The zero-order chi connectivity index (χ0) is 14.4. The van der Waals surface area contributed by atoms with Crippen molar-refractivity contribution >= 4 is 23.1 Å². The molecule has 0 unspecified atom stereocenters. The monoisotopic (exact) mass is 290 g/mol. The summed E-state index contributed by atoms with van der Waals surface area (Å²) < 4.78 is 0. The number of nitrogens with one attached hydrogen (secondary N) is 3. The average molecular weight is 290 g/mol. The van der Waals surface area contributed by atoms with Crippen LogP contribution in [0.15, 0.2) is 47.8 Å². The van der Waals surface area contributed by atoms with Crippen molar-refractivity contribution in [1.29, 1.82) is 0 Å². The van der Waals surface area contributed by atoms with E-state index in [0.717, 1.165) is 5.69 Å². The molecule has 1 aromatic heterocycles. The van der Waals surface area contributed by atoms with Gasteiger partial charge >= 0.3 is 6.03 Å². The highest BCUT2D eigenvalue weighted by atomic mass is 32.1. The fourth-order valence-corrected chi connectivity index (χ4v) is 2.93. The van der Waals surface area contributed by atoms with E-state index in [4.69, 9.17) is 0 Å². The summed E-state index contributed by atoms with van der Waals surface area (Å²) in [4.78, 5) is 14.5. The third kappa shape index (κ3) is 4.08. The molecule has 1 heterocycles. The van der Waals surface area contributed by atoms with E-state index in [-0.39, 0.29) is 12.1 Å². The smallest absolute Gasteiger partial charge is 0.319 e. The number of amides is 2. The fourth-order valence-electron chi connectivity index (χ4n) is 1.97. The molecule has 2 aromatic rings. The van der Waals surface area contributed by atoms with Crippen LogP contribution in [0.1, 0.15) is 10.9 Å². The van der Waals surface area contributed by atoms with Crippen LogP contribution in [0.2, 0.25) is 0 Å². The zero-order valence-corrected chi connectivity index (χ0v) is 12.5. The van der Waals surface area contributed by atoms with Gasteiger partial charge in [-0.1, -0.05) is 24.3 Å². The van der Waals surface area contributed by atoms with Gasteiger partial charge in [0.2, 0.25) is 0 Å². The Hall–Kier alpha value is -1.85. The molecule has 106 valence electrons. The highest BCUT2D eigenvalue weighted by Gasteiger charge is 2.19. The number of carbonyl (C=O) groups excluding carboxylic acids is 1. The molecule has 20 heavy (non-hydrogen) atoms. The Kier molecular flexibility index (Phi) is 5.15. The molecular weight excluding hydrogens is 270 g/mol. The van der Waals surface area contributed by atoms with Crippen molar-refractivity contribution < 1.29 is 9.69 Å². The van der Waals surface area contributed by atoms with Gasteiger partial charge < -0.3 is 15.5 Å². The second-order valence-electron chi connectivity index (χ2n) is 4.85. The molecule has 0 saturated carbocycles. The van der Waals surface area contributed by atoms with E-state index in [1.807, 2.05) is 36.4 Å². The van der Waals surface area contributed by atoms with Crippen molar-refractivity contribution in [2.75, 3.05) is 26.0 Å². The molecule has 1 aromatic carbocycles. The summed E-state index contributed by atoms with van der Waals surface area (Å²) >= 11 is 1.72. The van der Waals surface area contributed by atoms with Crippen LogP contribution < -0.4 is 15.5 Å². The van der Waals surface area contributed by atoms with Crippen molar-refractivity contribution in [3.05, 3.63) is 52.7 Å². The van der Waals surface area contributed by atoms with E-state index in [1.54, 1.807) is 11.3 Å². The first-order chi connectivity index (χ1) is 9.66. The third-order valence-electron chi connectivity index (χ3n) is 3.08. The fraction of sp³-hybridized carbons (Fsp3) is 0.267. The van der Waals surface area contributed by atoms with Crippen LogP contribution >= 0.6 is 11.3 Å². The van der Waals surface area contributed by atoms with E-state index < -0.39 is 0 Å². The number of hydrogen-bond acceptors (Lipinski definition) is 2. The van der Waals surface area contributed by atoms with Crippen LogP contribution in [0.25, 0.3) is 0 Å². The van der Waals surface area contributed by atoms with Crippen molar-refractivity contribution in [1.82, 2.24) is 5.32 Å². The molecule has 0 aliphatic heterocycles. The van der Waals surface area contributed by atoms with E-state index >= 15 is 0 Å². The molecule has 0 aliphatic carbocycles. The molecule has 0 saturated heterocycles. The van der Waals surface area contributed by atoms with Crippen molar-refractivity contribution in [3.63, 3.8) is 0 Å². The van der Waals surface area contributed by atoms with Gasteiger partial charge in [-0.05, 0) is 23.6 Å². The molecule has 0 spiro atoms. The number of carbonyl (C=O) groups is 1. The Bertz CT molecular complexity index is 525. The van der Waals surface area contributed by atoms with Gasteiger partial charge in [-0.15, -0.1) is 11.3 Å². The van der Waals surface area contributed by atoms with Gasteiger partial charge in [0.15, 0.2) is 0 Å². The van der Waals surface area contributed by atoms with Gasteiger partial charge in [-0.25, -0.2) is 4.79 Å². The summed E-state index contributed by atoms with van der Waals surface area (Å²) in [5.41, 5.74) is 0.801. The molecule has 0 bridgehead atoms. The first-order valence-corrected chi connectivity index (χ1v) is 7.48. The minimum atomic E-state index is -0.168. The number of anilines is 1. The van der Waals surface area contributed by atoms with Crippen LogP contribution in [0.3, 0.4) is 0 Å². The largest absolute Gasteiger partial charge is 0.331 e. The Morgan fingerprint density at radius 1 is 1.20 bits per heavy atom. The second-order valence-corrected chi connectivity index (χ2v) is 5.83. The van der Waals surface area contributed by atoms with Crippen molar-refractivity contribution in [2.24, 2.45) is 0 Å². The summed E-state index contributed by atoms with van der Waals surface area (Å²) in [7, 11) is 4.20. The first-order valence-electron chi connectivity index (χ1n) is 6.60. The van der Waals surface area contributed by atoms with E-state index in [1.165, 1.54) is 9.78 Å². The van der Waals surface area contributed by atoms with Gasteiger partial charge in [-0.3, -0.25) is 0 Å². The lowest BCUT2D eigenvalue weighted by Crippen LogP contribution is -3.06. The molecule has 3 N–H and O–H groups in total. The number of rotatable bonds is 5. The quantitative estimate of drug-likeness (QED) is 0.772. The number of thiophene rings is 1. The van der Waals surface area contributed by atoms with E-state index in [9.17, 15) is 4.79 Å². The number of likely N-dealkylation sites (N-methyl/N-ethyl adjacent to an activating group) is 1. The SMILES string of the molecule is C[NH+](C)[C@H](CNC(=O)Nc1ccccc1)c1cccs1. The molecule has 1 atom stereocenters. The van der Waals surface area contributed by atoms with Crippen LogP contribution in [0, 0.1) is 0 Å². The normalized spacial score (nSPS) is 12.2. The number of quaternary nitrogens is 1. The number of para-hydroxylation sites is 1. The highest BCUT2D eigenvalue weighted by Crippen LogP contribution is 2.15. The summed E-state index contributed by atoms with van der Waals surface area (Å²) in [5, 5.41) is 7.83. The lowest BCUT2D eigenvalue weighted by Gasteiger charge is -2.20. The number of urea groups is 1. The first kappa shape index (κ1) is 14.6. The minimum absolute atomic E-state index is 0.168. The second kappa shape index (κ2) is 7.07. The highest BCUT2D eigenvalue weighted by molar-refractivity contribution is 7.10. The lowest BCUT2D eigenvalue weighted by molar-refractivity contribution is -0.890. The van der Waals surface area contributed by atoms with E-state index in [2.05, 4.69) is 36.2 Å². The summed E-state index contributed by atoms with van der Waals surface area (Å²) in [5.74, 6) is 0. The summed E-state index contributed by atoms with van der Waals surface area (Å²) in [6.45, 7) is 0.613. The standard InChI is InChI=1S/C15H19N3OS/c1-18(2)13(14-9-6-10-20-14)11-16-15(19)17-12-7-4-3-5-8-12/h3-10,13H,11H2,1-2H3,(H2,16,17,19)/p+1/t13-/m1/s1. The molecule has 0 fully saturated rings. The Morgan fingerprint density at radius 3 is 2.55 bits per heavy atom. The number of hydrogen-bond donors (Lipinski definition) is 3. The van der Waals surface area contributed by atoms with Crippen LogP contribution in [-0.4, -0.2) is 26.7 Å². The topological polar surface area (TPSA) is 45.6 Å². The minimum Gasteiger partial charge on any atom is -0.331 e. The molecule has 0 radical (unpaired) electrons. The van der Waals surface area contributed by atoms with Crippen molar-refractivity contribution in [3.8, 4) is 0 Å². The summed E-state index contributed by atoms with van der Waals surface area (Å²) in [6.07, 6.45) is 0. The van der Waals surface area contributed by atoms with Gasteiger partial charge in [0, 0.05) is 5.69 Å². The molecule has 4 nitrogen and oxygen atoms in total. The Labute approximate surface area is 123 Å². The van der Waals surface area contributed by atoms with E-state index in [0.29, 0.717) is 6.54 Å². The summed E-state index contributed by atoms with van der Waals surface area (Å²) in [6, 6.07) is 13.7. The predicted molar refractivity (Wildman–Crippen MR) is 83.3 cm³/mol. The van der Waals surface area contributed by atoms with Gasteiger partial charge in [0.05, 0.1) is 25.5 Å². The van der Waals surface area contributed by atoms with Gasteiger partial charge in [-0.2, -0.15) is 0 Å². The molecule has 2 rings (SSSR count). The Morgan fingerprint density at radius 2 is 1.95 bits per heavy atom. The molecule has 2 amide bonds. The lowest BCUT2D eigenvalue weighted by atomic mass is 10.2. The maximum atomic E-state index is 11.9. The third-order valence-corrected chi connectivity index (χ3v) is 4.07. The van der Waals surface area contributed by atoms with Gasteiger partial charge in [0.1, 0.15) is 6.04 Å². The predicted octanol–water partition coefficient (Wildman–Crippen LogP) is 1.76. The van der Waals surface area contributed by atoms with Crippen molar-refractivity contribution in [2.45, 2.75) is 6.04 Å². The zero-order valence-electron chi connectivity index (χ0n) is 11.7. The average Bonchev–Trinajstić information content (AvgIpc) is 2.93. The maximum absolute atomic E-state index is 11.9. The van der Waals surface area contributed by atoms with Crippen LogP contribution in [0.4, 0.5) is 10.5 Å². The molecule has 0 aliphatic rings. The number of benzene rings is 1. The molecule has 5 heteroatoms. The Balaban J connectivity index is 1.88. The van der Waals surface area contributed by atoms with Crippen LogP contribution in [0.5, 0.6) is 0 Å². The molecular formula is C15H20N3OS+.